The summed E-state index contributed by atoms with van der Waals surface area (Å²) in [6.07, 6.45) is 7.60. The average molecular weight is 313 g/mol. The SMILES string of the molecule is NC1(c2noc(C(OC3CCCC3)c3ccccc3)n2)CCC1. The molecule has 5 heteroatoms. The van der Waals surface area contributed by atoms with Gasteiger partial charge in [-0.3, -0.25) is 0 Å². The van der Waals surface area contributed by atoms with Gasteiger partial charge in [0.05, 0.1) is 11.6 Å². The van der Waals surface area contributed by atoms with Gasteiger partial charge in [0.25, 0.3) is 5.89 Å². The highest BCUT2D eigenvalue weighted by Gasteiger charge is 2.40. The Bertz CT molecular complexity index is 645. The standard InChI is InChI=1S/C18H23N3O2/c19-18(11-6-12-18)17-20-16(23-21-17)15(13-7-2-1-3-8-13)22-14-9-4-5-10-14/h1-3,7-8,14-15H,4-6,9-12,19H2. The minimum Gasteiger partial charge on any atom is -0.360 e. The van der Waals surface area contributed by atoms with Gasteiger partial charge in [0.2, 0.25) is 0 Å². The number of aromatic nitrogens is 2. The second kappa shape index (κ2) is 6.06. The Morgan fingerprint density at radius 3 is 2.52 bits per heavy atom. The number of nitrogens with two attached hydrogens (primary N) is 1. The van der Waals surface area contributed by atoms with E-state index >= 15 is 0 Å². The van der Waals surface area contributed by atoms with Crippen molar-refractivity contribution in [3.8, 4) is 0 Å². The summed E-state index contributed by atoms with van der Waals surface area (Å²) in [5.41, 5.74) is 6.96. The topological polar surface area (TPSA) is 74.2 Å². The average Bonchev–Trinajstić information content (AvgIpc) is 3.23. The van der Waals surface area contributed by atoms with E-state index in [0.717, 1.165) is 37.7 Å². The molecule has 1 atom stereocenters. The first-order chi connectivity index (χ1) is 11.2. The smallest absolute Gasteiger partial charge is 0.260 e. The molecule has 1 aromatic carbocycles. The van der Waals surface area contributed by atoms with Crippen LogP contribution in [0.1, 0.15) is 68.3 Å². The zero-order chi connectivity index (χ0) is 15.7. The van der Waals surface area contributed by atoms with E-state index in [2.05, 4.69) is 10.1 Å². The molecular weight excluding hydrogens is 290 g/mol. The van der Waals surface area contributed by atoms with Crippen molar-refractivity contribution in [3.63, 3.8) is 0 Å². The molecule has 0 aliphatic heterocycles. The van der Waals surface area contributed by atoms with Crippen molar-refractivity contribution >= 4 is 0 Å². The van der Waals surface area contributed by atoms with Crippen LogP contribution in [0, 0.1) is 0 Å². The lowest BCUT2D eigenvalue weighted by Crippen LogP contribution is -2.44. The van der Waals surface area contributed by atoms with E-state index in [1.165, 1.54) is 12.8 Å². The fourth-order valence-corrected chi connectivity index (χ4v) is 3.45. The summed E-state index contributed by atoms with van der Waals surface area (Å²) in [5.74, 6) is 1.14. The van der Waals surface area contributed by atoms with Crippen molar-refractivity contribution in [3.05, 3.63) is 47.6 Å². The molecular formula is C18H23N3O2. The number of hydrogen-bond acceptors (Lipinski definition) is 5. The molecule has 0 spiro atoms. The molecule has 2 N–H and O–H groups in total. The van der Waals surface area contributed by atoms with Gasteiger partial charge < -0.3 is 15.0 Å². The Kier molecular flexibility index (Phi) is 3.91. The molecule has 2 saturated carbocycles. The zero-order valence-corrected chi connectivity index (χ0v) is 13.3. The van der Waals surface area contributed by atoms with Crippen LogP contribution < -0.4 is 5.73 Å². The van der Waals surface area contributed by atoms with E-state index in [4.69, 9.17) is 15.0 Å². The molecule has 2 aliphatic carbocycles. The van der Waals surface area contributed by atoms with Gasteiger partial charge in [-0.2, -0.15) is 4.98 Å². The van der Waals surface area contributed by atoms with E-state index in [0.29, 0.717) is 11.7 Å². The quantitative estimate of drug-likeness (QED) is 0.915. The van der Waals surface area contributed by atoms with Crippen molar-refractivity contribution < 1.29 is 9.26 Å². The molecule has 1 aromatic heterocycles. The van der Waals surface area contributed by atoms with E-state index in [-0.39, 0.29) is 12.2 Å². The lowest BCUT2D eigenvalue weighted by molar-refractivity contribution is -0.00315. The van der Waals surface area contributed by atoms with Crippen LogP contribution in [0.3, 0.4) is 0 Å². The normalized spacial score (nSPS) is 22.0. The Hall–Kier alpha value is -1.72. The highest BCUT2D eigenvalue weighted by atomic mass is 16.5. The molecule has 1 unspecified atom stereocenters. The Labute approximate surface area is 136 Å². The molecule has 1 heterocycles. The third-order valence-electron chi connectivity index (χ3n) is 5.09. The summed E-state index contributed by atoms with van der Waals surface area (Å²) in [7, 11) is 0. The van der Waals surface area contributed by atoms with Crippen LogP contribution >= 0.6 is 0 Å². The molecule has 4 rings (SSSR count). The second-order valence-electron chi connectivity index (χ2n) is 6.80. The summed E-state index contributed by atoms with van der Waals surface area (Å²) in [5, 5.41) is 4.14. The van der Waals surface area contributed by atoms with Crippen LogP contribution in [0.5, 0.6) is 0 Å². The maximum absolute atomic E-state index is 6.32. The Morgan fingerprint density at radius 1 is 1.13 bits per heavy atom. The van der Waals surface area contributed by atoms with Crippen LogP contribution in [0.2, 0.25) is 0 Å². The number of ether oxygens (including phenoxy) is 1. The van der Waals surface area contributed by atoms with Crippen LogP contribution in [-0.4, -0.2) is 16.2 Å². The third kappa shape index (κ3) is 2.91. The van der Waals surface area contributed by atoms with Crippen molar-refractivity contribution in [1.82, 2.24) is 10.1 Å². The van der Waals surface area contributed by atoms with Crippen molar-refractivity contribution in [2.24, 2.45) is 5.73 Å². The van der Waals surface area contributed by atoms with Crippen molar-refractivity contribution in [2.75, 3.05) is 0 Å². The zero-order valence-electron chi connectivity index (χ0n) is 13.3. The third-order valence-corrected chi connectivity index (χ3v) is 5.09. The van der Waals surface area contributed by atoms with E-state index in [1.54, 1.807) is 0 Å². The maximum Gasteiger partial charge on any atom is 0.260 e. The number of nitrogens with zero attached hydrogens (tertiary/aromatic N) is 2. The van der Waals surface area contributed by atoms with Gasteiger partial charge in [-0.1, -0.05) is 48.3 Å². The molecule has 0 radical (unpaired) electrons. The fraction of sp³-hybridized carbons (Fsp3) is 0.556. The lowest BCUT2D eigenvalue weighted by Gasteiger charge is -2.34. The summed E-state index contributed by atoms with van der Waals surface area (Å²) < 4.78 is 11.9. The van der Waals surface area contributed by atoms with Gasteiger partial charge in [-0.15, -0.1) is 0 Å². The van der Waals surface area contributed by atoms with E-state index in [1.807, 2.05) is 30.3 Å². The van der Waals surface area contributed by atoms with Crippen LogP contribution in [0.4, 0.5) is 0 Å². The number of benzene rings is 1. The number of rotatable bonds is 5. The molecule has 5 nitrogen and oxygen atoms in total. The molecule has 23 heavy (non-hydrogen) atoms. The molecule has 0 saturated heterocycles. The fourth-order valence-electron chi connectivity index (χ4n) is 3.45. The van der Waals surface area contributed by atoms with Gasteiger partial charge >= 0.3 is 0 Å². The second-order valence-corrected chi connectivity index (χ2v) is 6.80. The summed E-state index contributed by atoms with van der Waals surface area (Å²) in [6.45, 7) is 0. The first-order valence-corrected chi connectivity index (χ1v) is 8.58. The molecule has 2 fully saturated rings. The minimum atomic E-state index is -0.406. The molecule has 0 amide bonds. The summed E-state index contributed by atoms with van der Waals surface area (Å²) in [6, 6.07) is 10.1. The van der Waals surface area contributed by atoms with Gasteiger partial charge in [0.1, 0.15) is 0 Å². The van der Waals surface area contributed by atoms with Crippen molar-refractivity contribution in [2.45, 2.75) is 62.7 Å². The van der Waals surface area contributed by atoms with Gasteiger partial charge in [-0.05, 0) is 37.7 Å². The molecule has 2 aliphatic rings. The maximum atomic E-state index is 6.32. The molecule has 2 aromatic rings. The van der Waals surface area contributed by atoms with Crippen LogP contribution in [0.15, 0.2) is 34.9 Å². The minimum absolute atomic E-state index is 0.270. The van der Waals surface area contributed by atoms with Crippen LogP contribution in [0.25, 0.3) is 0 Å². The molecule has 122 valence electrons. The predicted molar refractivity (Wildman–Crippen MR) is 85.6 cm³/mol. The van der Waals surface area contributed by atoms with Gasteiger partial charge in [0.15, 0.2) is 11.9 Å². The lowest BCUT2D eigenvalue weighted by atomic mass is 9.77. The summed E-state index contributed by atoms with van der Waals surface area (Å²) >= 11 is 0. The van der Waals surface area contributed by atoms with Gasteiger partial charge in [0, 0.05) is 0 Å². The highest BCUT2D eigenvalue weighted by Crippen LogP contribution is 2.38. The van der Waals surface area contributed by atoms with Gasteiger partial charge in [-0.25, -0.2) is 0 Å². The van der Waals surface area contributed by atoms with Crippen molar-refractivity contribution in [1.29, 1.82) is 0 Å². The monoisotopic (exact) mass is 313 g/mol. The Balaban J connectivity index is 1.61. The summed E-state index contributed by atoms with van der Waals surface area (Å²) in [4.78, 5) is 4.60. The molecule has 0 bridgehead atoms. The van der Waals surface area contributed by atoms with E-state index < -0.39 is 5.54 Å². The number of hydrogen-bond donors (Lipinski definition) is 1. The largest absolute Gasteiger partial charge is 0.360 e. The Morgan fingerprint density at radius 2 is 1.87 bits per heavy atom. The van der Waals surface area contributed by atoms with Crippen LogP contribution in [-0.2, 0) is 10.3 Å². The van der Waals surface area contributed by atoms with E-state index in [9.17, 15) is 0 Å². The highest BCUT2D eigenvalue weighted by molar-refractivity contribution is 5.23. The predicted octanol–water partition coefficient (Wildman–Crippen LogP) is 3.46. The first-order valence-electron chi connectivity index (χ1n) is 8.58. The first kappa shape index (κ1) is 14.8.